The number of carbonyl (C=O) groups is 2. The molecule has 2 aliphatic heterocycles. The molecule has 2 N–H and O–H groups in total. The number of ether oxygens (including phenoxy) is 1. The molecule has 0 saturated carbocycles. The molecule has 114 valence electrons. The summed E-state index contributed by atoms with van der Waals surface area (Å²) >= 11 is 0. The predicted octanol–water partition coefficient (Wildman–Crippen LogP) is -0.0138. The van der Waals surface area contributed by atoms with Crippen LogP contribution in [0, 0.1) is 5.92 Å². The maximum Gasteiger partial charge on any atom is 0.319 e. The lowest BCUT2D eigenvalue weighted by Crippen LogP contribution is -2.50. The van der Waals surface area contributed by atoms with E-state index in [2.05, 4.69) is 0 Å². The van der Waals surface area contributed by atoms with E-state index in [4.69, 9.17) is 9.84 Å². The van der Waals surface area contributed by atoms with Crippen molar-refractivity contribution >= 4 is 12.0 Å². The zero-order valence-electron chi connectivity index (χ0n) is 11.7. The molecule has 0 bridgehead atoms. The summed E-state index contributed by atoms with van der Waals surface area (Å²) in [6, 6.07) is -0.214. The third-order valence-corrected chi connectivity index (χ3v) is 4.09. The molecule has 2 amide bonds. The van der Waals surface area contributed by atoms with Gasteiger partial charge in [-0.15, -0.1) is 0 Å². The normalized spacial score (nSPS) is 25.5. The minimum absolute atomic E-state index is 0.214. The van der Waals surface area contributed by atoms with Crippen LogP contribution in [0.2, 0.25) is 0 Å². The van der Waals surface area contributed by atoms with E-state index in [0.717, 1.165) is 0 Å². The Labute approximate surface area is 118 Å². The molecule has 1 atom stereocenters. The molecule has 0 spiro atoms. The van der Waals surface area contributed by atoms with Crippen LogP contribution in [0.25, 0.3) is 0 Å². The van der Waals surface area contributed by atoms with Crippen LogP contribution in [0.1, 0.15) is 19.3 Å². The topological polar surface area (TPSA) is 90.3 Å². The highest BCUT2D eigenvalue weighted by Crippen LogP contribution is 2.23. The van der Waals surface area contributed by atoms with Crippen molar-refractivity contribution in [2.75, 3.05) is 39.9 Å². The van der Waals surface area contributed by atoms with Crippen LogP contribution in [0.3, 0.4) is 0 Å². The number of likely N-dealkylation sites (tertiary alicyclic amines) is 1. The van der Waals surface area contributed by atoms with Crippen molar-refractivity contribution in [3.05, 3.63) is 0 Å². The molecule has 7 heteroatoms. The highest BCUT2D eigenvalue weighted by molar-refractivity contribution is 5.77. The highest BCUT2D eigenvalue weighted by atomic mass is 16.5. The Hall–Kier alpha value is -1.34. The van der Waals surface area contributed by atoms with Gasteiger partial charge >= 0.3 is 12.0 Å². The van der Waals surface area contributed by atoms with Gasteiger partial charge in [0.05, 0.1) is 18.1 Å². The van der Waals surface area contributed by atoms with Gasteiger partial charge in [-0.05, 0) is 6.42 Å². The van der Waals surface area contributed by atoms with Gasteiger partial charge in [-0.3, -0.25) is 4.79 Å². The number of nitrogens with zero attached hydrogens (tertiary/aromatic N) is 2. The SMILES string of the molecule is CN(CC1(O)CCOCC1)C(=O)N1CCC(C(=O)O)C1. The lowest BCUT2D eigenvalue weighted by atomic mass is 9.94. The molecule has 1 unspecified atom stereocenters. The van der Waals surface area contributed by atoms with Gasteiger partial charge in [0.2, 0.25) is 0 Å². The molecule has 7 nitrogen and oxygen atoms in total. The first-order chi connectivity index (χ1) is 9.41. The van der Waals surface area contributed by atoms with Crippen molar-refractivity contribution in [3.8, 4) is 0 Å². The smallest absolute Gasteiger partial charge is 0.319 e. The van der Waals surface area contributed by atoms with Crippen LogP contribution in [0.4, 0.5) is 4.79 Å². The first-order valence-corrected chi connectivity index (χ1v) is 6.94. The first-order valence-electron chi connectivity index (χ1n) is 6.94. The second-order valence-corrected chi connectivity index (χ2v) is 5.75. The summed E-state index contributed by atoms with van der Waals surface area (Å²) in [6.45, 7) is 1.97. The Morgan fingerprint density at radius 2 is 2.05 bits per heavy atom. The van der Waals surface area contributed by atoms with Gasteiger partial charge in [0.15, 0.2) is 0 Å². The minimum atomic E-state index is -0.894. The van der Waals surface area contributed by atoms with Crippen molar-refractivity contribution in [3.63, 3.8) is 0 Å². The summed E-state index contributed by atoms with van der Waals surface area (Å²) in [4.78, 5) is 26.2. The molecular weight excluding hydrogens is 264 g/mol. The fourth-order valence-electron chi connectivity index (χ4n) is 2.80. The molecule has 20 heavy (non-hydrogen) atoms. The number of carboxylic acid groups (broad SMARTS) is 1. The molecular formula is C13H22N2O5. The van der Waals surface area contributed by atoms with Gasteiger partial charge < -0.3 is 24.7 Å². The molecule has 0 aromatic heterocycles. The number of carboxylic acids is 1. The first kappa shape index (κ1) is 15.1. The van der Waals surface area contributed by atoms with E-state index in [1.807, 2.05) is 0 Å². The molecule has 2 rings (SSSR count). The molecule has 0 aromatic rings. The lowest BCUT2D eigenvalue weighted by Gasteiger charge is -2.36. The average molecular weight is 286 g/mol. The Morgan fingerprint density at radius 1 is 1.40 bits per heavy atom. The number of aliphatic hydroxyl groups is 1. The van der Waals surface area contributed by atoms with E-state index >= 15 is 0 Å². The molecule has 2 saturated heterocycles. The monoisotopic (exact) mass is 286 g/mol. The summed E-state index contributed by atoms with van der Waals surface area (Å²) < 4.78 is 5.21. The fraction of sp³-hybridized carbons (Fsp3) is 0.846. The van der Waals surface area contributed by atoms with E-state index in [1.54, 1.807) is 11.9 Å². The average Bonchev–Trinajstić information content (AvgIpc) is 2.87. The van der Waals surface area contributed by atoms with Crippen LogP contribution in [-0.2, 0) is 9.53 Å². The summed E-state index contributed by atoms with van der Waals surface area (Å²) in [5.74, 6) is -1.33. The van der Waals surface area contributed by atoms with Crippen LogP contribution in [0.15, 0.2) is 0 Å². The van der Waals surface area contributed by atoms with Gasteiger partial charge in [-0.25, -0.2) is 4.79 Å². The summed E-state index contributed by atoms with van der Waals surface area (Å²) in [5, 5.41) is 19.3. The van der Waals surface area contributed by atoms with E-state index in [9.17, 15) is 14.7 Å². The van der Waals surface area contributed by atoms with Crippen LogP contribution >= 0.6 is 0 Å². The minimum Gasteiger partial charge on any atom is -0.481 e. The second kappa shape index (κ2) is 5.97. The Balaban J connectivity index is 1.87. The van der Waals surface area contributed by atoms with Gasteiger partial charge in [0, 0.05) is 46.2 Å². The third kappa shape index (κ3) is 3.40. The maximum atomic E-state index is 12.2. The van der Waals surface area contributed by atoms with Crippen molar-refractivity contribution in [2.45, 2.75) is 24.9 Å². The summed E-state index contributed by atoms with van der Waals surface area (Å²) in [6.07, 6.45) is 1.53. The van der Waals surface area contributed by atoms with Crippen LogP contribution < -0.4 is 0 Å². The number of aliphatic carboxylic acids is 1. The third-order valence-electron chi connectivity index (χ3n) is 4.09. The Morgan fingerprint density at radius 3 is 2.60 bits per heavy atom. The number of hydrogen-bond acceptors (Lipinski definition) is 4. The molecule has 2 heterocycles. The van der Waals surface area contributed by atoms with Crippen molar-refractivity contribution < 1.29 is 24.5 Å². The van der Waals surface area contributed by atoms with E-state index in [-0.39, 0.29) is 19.1 Å². The lowest BCUT2D eigenvalue weighted by molar-refractivity contribution is -0.141. The Bertz CT molecular complexity index is 381. The molecule has 2 fully saturated rings. The second-order valence-electron chi connectivity index (χ2n) is 5.75. The number of likely N-dealkylation sites (N-methyl/N-ethyl adjacent to an activating group) is 1. The zero-order valence-corrected chi connectivity index (χ0v) is 11.7. The number of hydrogen-bond donors (Lipinski definition) is 2. The van der Waals surface area contributed by atoms with Crippen molar-refractivity contribution in [1.82, 2.24) is 9.80 Å². The highest BCUT2D eigenvalue weighted by Gasteiger charge is 2.36. The van der Waals surface area contributed by atoms with Gasteiger partial charge in [-0.2, -0.15) is 0 Å². The fourth-order valence-corrected chi connectivity index (χ4v) is 2.80. The van der Waals surface area contributed by atoms with Gasteiger partial charge in [-0.1, -0.05) is 0 Å². The number of amides is 2. The van der Waals surface area contributed by atoms with Crippen molar-refractivity contribution in [2.24, 2.45) is 5.92 Å². The van der Waals surface area contributed by atoms with Gasteiger partial charge in [0.25, 0.3) is 0 Å². The number of carbonyl (C=O) groups excluding carboxylic acids is 1. The molecule has 0 aliphatic carbocycles. The number of rotatable bonds is 3. The predicted molar refractivity (Wildman–Crippen MR) is 70.3 cm³/mol. The zero-order chi connectivity index (χ0) is 14.8. The van der Waals surface area contributed by atoms with Gasteiger partial charge in [0.1, 0.15) is 0 Å². The Kier molecular flexibility index (Phi) is 4.49. The van der Waals surface area contributed by atoms with Crippen molar-refractivity contribution in [1.29, 1.82) is 0 Å². The van der Waals surface area contributed by atoms with E-state index in [1.165, 1.54) is 4.90 Å². The largest absolute Gasteiger partial charge is 0.481 e. The maximum absolute atomic E-state index is 12.2. The molecule has 2 aliphatic rings. The number of urea groups is 1. The van der Waals surface area contributed by atoms with Crippen LogP contribution in [-0.4, -0.2) is 77.5 Å². The summed E-state index contributed by atoms with van der Waals surface area (Å²) in [5.41, 5.74) is -0.894. The molecule has 0 aromatic carbocycles. The van der Waals surface area contributed by atoms with Crippen LogP contribution in [0.5, 0.6) is 0 Å². The van der Waals surface area contributed by atoms with E-state index < -0.39 is 17.5 Å². The quantitative estimate of drug-likeness (QED) is 0.761. The summed E-state index contributed by atoms with van der Waals surface area (Å²) in [7, 11) is 1.64. The standard InChI is InChI=1S/C13H22N2O5/c1-14(9-13(19)3-6-20-7-4-13)12(18)15-5-2-10(8-15)11(16)17/h10,19H,2-9H2,1H3,(H,16,17). The van der Waals surface area contributed by atoms with E-state index in [0.29, 0.717) is 39.0 Å². The molecule has 0 radical (unpaired) electrons.